The topological polar surface area (TPSA) is 46.1 Å². The van der Waals surface area contributed by atoms with Crippen LogP contribution in [0, 0.1) is 5.82 Å². The highest BCUT2D eigenvalue weighted by molar-refractivity contribution is 7.99. The summed E-state index contributed by atoms with van der Waals surface area (Å²) >= 11 is 1.38. The van der Waals surface area contributed by atoms with Gasteiger partial charge in [0.25, 0.3) is 0 Å². The fourth-order valence-corrected chi connectivity index (χ4v) is 3.32. The molecule has 6 heteroatoms. The first-order valence-electron chi connectivity index (χ1n) is 7.71. The van der Waals surface area contributed by atoms with Crippen molar-refractivity contribution in [1.82, 2.24) is 9.97 Å². The van der Waals surface area contributed by atoms with E-state index < -0.39 is 0 Å². The fourth-order valence-electron chi connectivity index (χ4n) is 2.56. The molecule has 0 radical (unpaired) electrons. The highest BCUT2D eigenvalue weighted by Crippen LogP contribution is 2.23. The van der Waals surface area contributed by atoms with E-state index in [0.29, 0.717) is 5.56 Å². The van der Waals surface area contributed by atoms with E-state index in [4.69, 9.17) is 0 Å². The fraction of sp³-hybridized carbons (Fsp3) is 0.353. The van der Waals surface area contributed by atoms with Crippen LogP contribution >= 0.6 is 11.8 Å². The summed E-state index contributed by atoms with van der Waals surface area (Å²) in [6.07, 6.45) is 5.20. The number of Topliss-reactive ketones (excluding diaryl/α,β-unsaturated/α-hetero) is 1. The highest BCUT2D eigenvalue weighted by atomic mass is 32.2. The van der Waals surface area contributed by atoms with Gasteiger partial charge in [-0.2, -0.15) is 0 Å². The van der Waals surface area contributed by atoms with Gasteiger partial charge < -0.3 is 4.90 Å². The molecule has 1 aromatic carbocycles. The van der Waals surface area contributed by atoms with Crippen molar-refractivity contribution >= 4 is 23.4 Å². The van der Waals surface area contributed by atoms with E-state index in [2.05, 4.69) is 14.9 Å². The zero-order valence-corrected chi connectivity index (χ0v) is 13.6. The Bertz CT molecular complexity index is 672. The summed E-state index contributed by atoms with van der Waals surface area (Å²) in [4.78, 5) is 22.9. The molecule has 0 N–H and O–H groups in total. The smallest absolute Gasteiger partial charge is 0.173 e. The number of carbonyl (C=O) groups is 1. The van der Waals surface area contributed by atoms with Gasteiger partial charge in [0.1, 0.15) is 23.0 Å². The Hall–Kier alpha value is -1.95. The summed E-state index contributed by atoms with van der Waals surface area (Å²) in [6.45, 7) is 2.05. The number of halogens is 1. The van der Waals surface area contributed by atoms with Gasteiger partial charge >= 0.3 is 0 Å². The second kappa shape index (κ2) is 7.55. The Balaban J connectivity index is 1.61. The number of rotatable bonds is 5. The van der Waals surface area contributed by atoms with E-state index in [0.717, 1.165) is 23.9 Å². The van der Waals surface area contributed by atoms with Crippen LogP contribution < -0.4 is 4.90 Å². The zero-order chi connectivity index (χ0) is 16.1. The van der Waals surface area contributed by atoms with Crippen LogP contribution in [0.2, 0.25) is 0 Å². The first-order valence-corrected chi connectivity index (χ1v) is 8.69. The Morgan fingerprint density at radius 2 is 1.87 bits per heavy atom. The molecule has 2 heterocycles. The second-order valence-electron chi connectivity index (χ2n) is 5.48. The van der Waals surface area contributed by atoms with E-state index >= 15 is 0 Å². The van der Waals surface area contributed by atoms with Crippen molar-refractivity contribution in [3.05, 3.63) is 48.0 Å². The molecular formula is C17H18FN3OS. The summed E-state index contributed by atoms with van der Waals surface area (Å²) in [6, 6.07) is 7.57. The SMILES string of the molecule is O=C(CSc1cc(N2CCCCC2)ncn1)c1ccc(F)cc1. The zero-order valence-electron chi connectivity index (χ0n) is 12.7. The third-order valence-corrected chi connectivity index (χ3v) is 4.75. The molecule has 2 aromatic rings. The van der Waals surface area contributed by atoms with Gasteiger partial charge in [-0.05, 0) is 43.5 Å². The minimum atomic E-state index is -0.337. The molecule has 1 fully saturated rings. The minimum Gasteiger partial charge on any atom is -0.356 e. The van der Waals surface area contributed by atoms with Crippen molar-refractivity contribution in [1.29, 1.82) is 0 Å². The van der Waals surface area contributed by atoms with Crippen molar-refractivity contribution in [3.63, 3.8) is 0 Å². The first-order chi connectivity index (χ1) is 11.2. The number of hydrogen-bond acceptors (Lipinski definition) is 5. The van der Waals surface area contributed by atoms with Crippen LogP contribution in [-0.2, 0) is 0 Å². The van der Waals surface area contributed by atoms with Crippen molar-refractivity contribution < 1.29 is 9.18 Å². The number of ketones is 1. The number of nitrogens with zero attached hydrogens (tertiary/aromatic N) is 3. The normalized spacial score (nSPS) is 14.7. The number of thioether (sulfide) groups is 1. The van der Waals surface area contributed by atoms with Crippen molar-refractivity contribution in [2.24, 2.45) is 0 Å². The van der Waals surface area contributed by atoms with Crippen LogP contribution in [0.1, 0.15) is 29.6 Å². The number of hydrogen-bond donors (Lipinski definition) is 0. The molecule has 1 aliphatic heterocycles. The highest BCUT2D eigenvalue weighted by Gasteiger charge is 2.13. The van der Waals surface area contributed by atoms with Gasteiger partial charge in [0, 0.05) is 24.7 Å². The number of benzene rings is 1. The van der Waals surface area contributed by atoms with Crippen LogP contribution in [0.25, 0.3) is 0 Å². The van der Waals surface area contributed by atoms with Gasteiger partial charge in [0.2, 0.25) is 0 Å². The number of piperidine rings is 1. The lowest BCUT2D eigenvalue weighted by Crippen LogP contribution is -2.30. The summed E-state index contributed by atoms with van der Waals surface area (Å²) < 4.78 is 12.9. The Kier molecular flexibility index (Phi) is 5.23. The molecule has 0 amide bonds. The lowest BCUT2D eigenvalue weighted by Gasteiger charge is -2.27. The molecule has 4 nitrogen and oxygen atoms in total. The number of anilines is 1. The van der Waals surface area contributed by atoms with Crippen LogP contribution in [0.5, 0.6) is 0 Å². The van der Waals surface area contributed by atoms with E-state index in [1.54, 1.807) is 6.33 Å². The Morgan fingerprint density at radius 3 is 2.61 bits per heavy atom. The van der Waals surface area contributed by atoms with Crippen molar-refractivity contribution in [2.45, 2.75) is 24.3 Å². The molecule has 1 aliphatic rings. The van der Waals surface area contributed by atoms with Crippen molar-refractivity contribution in [3.8, 4) is 0 Å². The third-order valence-electron chi connectivity index (χ3n) is 3.82. The molecule has 3 rings (SSSR count). The summed E-state index contributed by atoms with van der Waals surface area (Å²) in [5.74, 6) is 0.836. The van der Waals surface area contributed by atoms with Crippen LogP contribution in [0.15, 0.2) is 41.7 Å². The molecule has 1 aromatic heterocycles. The summed E-state index contributed by atoms with van der Waals surface area (Å²) in [5, 5.41) is 0.788. The van der Waals surface area contributed by atoms with Crippen LogP contribution in [0.3, 0.4) is 0 Å². The molecule has 120 valence electrons. The van der Waals surface area contributed by atoms with Crippen molar-refractivity contribution in [2.75, 3.05) is 23.7 Å². The molecule has 0 saturated carbocycles. The third kappa shape index (κ3) is 4.28. The lowest BCUT2D eigenvalue weighted by atomic mass is 10.1. The van der Waals surface area contributed by atoms with Gasteiger partial charge in [-0.25, -0.2) is 14.4 Å². The molecule has 0 spiro atoms. The number of carbonyl (C=O) groups excluding carboxylic acids is 1. The average Bonchev–Trinajstić information content (AvgIpc) is 2.61. The van der Waals surface area contributed by atoms with E-state index in [1.165, 1.54) is 55.3 Å². The van der Waals surface area contributed by atoms with E-state index in [-0.39, 0.29) is 17.4 Å². The summed E-state index contributed by atoms with van der Waals surface area (Å²) in [7, 11) is 0. The molecule has 0 bridgehead atoms. The first kappa shape index (κ1) is 15.9. The lowest BCUT2D eigenvalue weighted by molar-refractivity contribution is 0.102. The second-order valence-corrected chi connectivity index (χ2v) is 6.48. The van der Waals surface area contributed by atoms with E-state index in [9.17, 15) is 9.18 Å². The molecule has 0 unspecified atom stereocenters. The van der Waals surface area contributed by atoms with E-state index in [1.807, 2.05) is 6.07 Å². The Labute approximate surface area is 139 Å². The van der Waals surface area contributed by atoms with Crippen LogP contribution in [0.4, 0.5) is 10.2 Å². The maximum atomic E-state index is 12.9. The molecule has 0 aliphatic carbocycles. The Morgan fingerprint density at radius 1 is 1.13 bits per heavy atom. The average molecular weight is 331 g/mol. The monoisotopic (exact) mass is 331 g/mol. The quantitative estimate of drug-likeness (QED) is 0.476. The van der Waals surface area contributed by atoms with Gasteiger partial charge in [-0.3, -0.25) is 4.79 Å². The van der Waals surface area contributed by atoms with Crippen LogP contribution in [-0.4, -0.2) is 34.6 Å². The van der Waals surface area contributed by atoms with Gasteiger partial charge in [0.05, 0.1) is 5.75 Å². The predicted octanol–water partition coefficient (Wildman–Crippen LogP) is 3.58. The summed E-state index contributed by atoms with van der Waals surface area (Å²) in [5.41, 5.74) is 0.518. The maximum Gasteiger partial charge on any atom is 0.173 e. The maximum absolute atomic E-state index is 12.9. The minimum absolute atomic E-state index is 0.0341. The number of aromatic nitrogens is 2. The molecular weight excluding hydrogens is 313 g/mol. The molecule has 1 saturated heterocycles. The predicted molar refractivity (Wildman–Crippen MR) is 89.6 cm³/mol. The standard InChI is InChI=1S/C17H18FN3OS/c18-14-6-4-13(5-7-14)15(22)11-23-17-10-16(19-12-20-17)21-8-2-1-3-9-21/h4-7,10,12H,1-3,8-9,11H2. The largest absolute Gasteiger partial charge is 0.356 e. The van der Waals surface area contributed by atoms with Gasteiger partial charge in [-0.1, -0.05) is 11.8 Å². The molecule has 23 heavy (non-hydrogen) atoms. The molecule has 0 atom stereocenters. The van der Waals surface area contributed by atoms with Gasteiger partial charge in [-0.15, -0.1) is 0 Å². The van der Waals surface area contributed by atoms with Gasteiger partial charge in [0.15, 0.2) is 5.78 Å².